The first-order valence-electron chi connectivity index (χ1n) is 6.40. The molecule has 106 valence electrons. The van der Waals surface area contributed by atoms with Gasteiger partial charge in [0, 0.05) is 6.54 Å². The highest BCUT2D eigenvalue weighted by molar-refractivity contribution is 7.89. The number of hydrogen-bond donors (Lipinski definition) is 2. The number of sulfonamides is 1. The molecule has 0 saturated heterocycles. The molecule has 19 heavy (non-hydrogen) atoms. The summed E-state index contributed by atoms with van der Waals surface area (Å²) >= 11 is 5.88. The maximum atomic E-state index is 12.1. The van der Waals surface area contributed by atoms with Crippen LogP contribution < -0.4 is 4.72 Å². The van der Waals surface area contributed by atoms with Crippen molar-refractivity contribution in [3.8, 4) is 0 Å². The quantitative estimate of drug-likeness (QED) is 0.897. The van der Waals surface area contributed by atoms with Gasteiger partial charge in [-0.2, -0.15) is 0 Å². The largest absolute Gasteiger partial charge is 0.389 e. The lowest BCUT2D eigenvalue weighted by Crippen LogP contribution is -2.44. The van der Waals surface area contributed by atoms with Crippen LogP contribution in [0.25, 0.3) is 0 Å². The minimum Gasteiger partial charge on any atom is -0.389 e. The molecule has 1 aliphatic rings. The highest BCUT2D eigenvalue weighted by Gasteiger charge is 2.31. The van der Waals surface area contributed by atoms with E-state index in [9.17, 15) is 13.5 Å². The van der Waals surface area contributed by atoms with E-state index in [2.05, 4.69) is 4.72 Å². The van der Waals surface area contributed by atoms with Crippen molar-refractivity contribution in [2.24, 2.45) is 0 Å². The van der Waals surface area contributed by atoms with Crippen molar-refractivity contribution in [2.75, 3.05) is 6.54 Å². The summed E-state index contributed by atoms with van der Waals surface area (Å²) in [7, 11) is -3.67. The number of hydrogen-bond acceptors (Lipinski definition) is 3. The third-order valence-electron chi connectivity index (χ3n) is 3.50. The average molecular weight is 304 g/mol. The first-order chi connectivity index (χ1) is 8.93. The van der Waals surface area contributed by atoms with Gasteiger partial charge in [0.25, 0.3) is 0 Å². The highest BCUT2D eigenvalue weighted by atomic mass is 35.5. The molecule has 0 radical (unpaired) electrons. The van der Waals surface area contributed by atoms with Crippen LogP contribution in [-0.4, -0.2) is 25.7 Å². The summed E-state index contributed by atoms with van der Waals surface area (Å²) in [5.74, 6) is 0. The normalized spacial score (nSPS) is 19.3. The van der Waals surface area contributed by atoms with Crippen LogP contribution in [0.5, 0.6) is 0 Å². The van der Waals surface area contributed by atoms with Crippen LogP contribution >= 0.6 is 11.6 Å². The number of rotatable bonds is 4. The topological polar surface area (TPSA) is 66.4 Å². The van der Waals surface area contributed by atoms with Crippen LogP contribution in [0.3, 0.4) is 0 Å². The van der Waals surface area contributed by atoms with Crippen molar-refractivity contribution in [1.29, 1.82) is 0 Å². The monoisotopic (exact) mass is 303 g/mol. The lowest BCUT2D eigenvalue weighted by atomic mass is 9.85. The molecule has 1 aromatic rings. The van der Waals surface area contributed by atoms with Crippen molar-refractivity contribution in [1.82, 2.24) is 4.72 Å². The van der Waals surface area contributed by atoms with Crippen LogP contribution in [-0.2, 0) is 10.0 Å². The molecule has 0 spiro atoms. The molecular weight excluding hydrogens is 286 g/mol. The lowest BCUT2D eigenvalue weighted by Gasteiger charge is -2.32. The molecule has 0 bridgehead atoms. The molecule has 1 saturated carbocycles. The molecule has 1 aliphatic carbocycles. The van der Waals surface area contributed by atoms with Crippen LogP contribution in [0, 0.1) is 0 Å². The van der Waals surface area contributed by atoms with E-state index in [1.54, 1.807) is 12.1 Å². The number of benzene rings is 1. The average Bonchev–Trinajstić information content (AvgIpc) is 2.38. The van der Waals surface area contributed by atoms with Crippen LogP contribution in [0.1, 0.15) is 32.1 Å². The molecule has 0 atom stereocenters. The van der Waals surface area contributed by atoms with Crippen molar-refractivity contribution in [3.63, 3.8) is 0 Å². The summed E-state index contributed by atoms with van der Waals surface area (Å²) in [6.07, 6.45) is 4.24. The van der Waals surface area contributed by atoms with E-state index in [0.29, 0.717) is 12.8 Å². The van der Waals surface area contributed by atoms with E-state index >= 15 is 0 Å². The summed E-state index contributed by atoms with van der Waals surface area (Å²) in [6, 6.07) is 6.28. The van der Waals surface area contributed by atoms with Crippen molar-refractivity contribution in [2.45, 2.75) is 42.6 Å². The summed E-state index contributed by atoms with van der Waals surface area (Å²) in [6.45, 7) is 0.0422. The molecule has 0 heterocycles. The third-order valence-corrected chi connectivity index (χ3v) is 5.40. The second-order valence-corrected chi connectivity index (χ2v) is 7.18. The molecule has 0 unspecified atom stereocenters. The Morgan fingerprint density at radius 3 is 2.47 bits per heavy atom. The zero-order valence-corrected chi connectivity index (χ0v) is 12.2. The minimum atomic E-state index is -3.67. The van der Waals surface area contributed by atoms with E-state index in [1.165, 1.54) is 12.1 Å². The second-order valence-electron chi connectivity index (χ2n) is 5.04. The summed E-state index contributed by atoms with van der Waals surface area (Å²) in [5.41, 5.74) is -0.924. The van der Waals surface area contributed by atoms with E-state index in [0.717, 1.165) is 19.3 Å². The van der Waals surface area contributed by atoms with E-state index in [1.807, 2.05) is 0 Å². The Kier molecular flexibility index (Phi) is 4.50. The Morgan fingerprint density at radius 2 is 1.84 bits per heavy atom. The number of halogens is 1. The smallest absolute Gasteiger partial charge is 0.242 e. The van der Waals surface area contributed by atoms with Crippen LogP contribution in [0.4, 0.5) is 0 Å². The Hall–Kier alpha value is -0.620. The van der Waals surface area contributed by atoms with Gasteiger partial charge in [-0.15, -0.1) is 0 Å². The van der Waals surface area contributed by atoms with Gasteiger partial charge in [-0.3, -0.25) is 0 Å². The molecule has 4 nitrogen and oxygen atoms in total. The van der Waals surface area contributed by atoms with Gasteiger partial charge in [0.1, 0.15) is 4.90 Å². The first-order valence-corrected chi connectivity index (χ1v) is 8.26. The Bertz CT molecular complexity index is 539. The van der Waals surface area contributed by atoms with Gasteiger partial charge in [-0.1, -0.05) is 43.0 Å². The standard InChI is InChI=1S/C13H18ClNO3S/c14-11-6-2-3-7-12(11)19(17,18)15-10-13(16)8-4-1-5-9-13/h2-3,6-7,15-16H,1,4-5,8-10H2. The van der Waals surface area contributed by atoms with E-state index in [4.69, 9.17) is 11.6 Å². The predicted molar refractivity (Wildman–Crippen MR) is 74.7 cm³/mol. The van der Waals surface area contributed by atoms with Crippen LogP contribution in [0.2, 0.25) is 5.02 Å². The lowest BCUT2D eigenvalue weighted by molar-refractivity contribution is 0.00945. The molecule has 1 fully saturated rings. The predicted octanol–water partition coefficient (Wildman–Crippen LogP) is 2.31. The first kappa shape index (κ1) is 14.8. The summed E-state index contributed by atoms with van der Waals surface area (Å²) in [5, 5.41) is 10.5. The zero-order chi connectivity index (χ0) is 13.9. The molecule has 2 N–H and O–H groups in total. The van der Waals surface area contributed by atoms with Gasteiger partial charge in [0.05, 0.1) is 10.6 Å². The third kappa shape index (κ3) is 3.69. The Labute approximate surface area is 118 Å². The van der Waals surface area contributed by atoms with Gasteiger partial charge < -0.3 is 5.11 Å². The number of aliphatic hydroxyl groups is 1. The zero-order valence-electron chi connectivity index (χ0n) is 10.6. The van der Waals surface area contributed by atoms with Gasteiger partial charge in [-0.25, -0.2) is 13.1 Å². The molecular formula is C13H18ClNO3S. The molecule has 2 rings (SSSR count). The fourth-order valence-electron chi connectivity index (χ4n) is 2.36. The highest BCUT2D eigenvalue weighted by Crippen LogP contribution is 2.28. The van der Waals surface area contributed by atoms with Crippen molar-refractivity contribution in [3.05, 3.63) is 29.3 Å². The summed E-state index contributed by atoms with van der Waals surface area (Å²) in [4.78, 5) is 0.0519. The van der Waals surface area contributed by atoms with Crippen molar-refractivity contribution < 1.29 is 13.5 Å². The molecule has 0 aliphatic heterocycles. The molecule has 6 heteroatoms. The van der Waals surface area contributed by atoms with Crippen molar-refractivity contribution >= 4 is 21.6 Å². The molecule has 1 aromatic carbocycles. The fraction of sp³-hybridized carbons (Fsp3) is 0.538. The van der Waals surface area contributed by atoms with Gasteiger partial charge in [0.15, 0.2) is 0 Å². The number of nitrogens with one attached hydrogen (secondary N) is 1. The van der Waals surface area contributed by atoms with E-state index in [-0.39, 0.29) is 16.5 Å². The van der Waals surface area contributed by atoms with Gasteiger partial charge in [0.2, 0.25) is 10.0 Å². The Balaban J connectivity index is 2.08. The van der Waals surface area contributed by atoms with E-state index < -0.39 is 15.6 Å². The maximum absolute atomic E-state index is 12.1. The molecule has 0 aromatic heterocycles. The SMILES string of the molecule is O=S(=O)(NCC1(O)CCCCC1)c1ccccc1Cl. The van der Waals surface area contributed by atoms with Gasteiger partial charge >= 0.3 is 0 Å². The summed E-state index contributed by atoms with van der Waals surface area (Å²) < 4.78 is 26.7. The van der Waals surface area contributed by atoms with Crippen LogP contribution in [0.15, 0.2) is 29.2 Å². The Morgan fingerprint density at radius 1 is 1.21 bits per heavy atom. The fourth-order valence-corrected chi connectivity index (χ4v) is 3.99. The second kappa shape index (κ2) is 5.79. The minimum absolute atomic E-state index is 0.0422. The molecule has 0 amide bonds. The van der Waals surface area contributed by atoms with Gasteiger partial charge in [-0.05, 0) is 25.0 Å². The maximum Gasteiger partial charge on any atom is 0.242 e.